The summed E-state index contributed by atoms with van der Waals surface area (Å²) in [4.78, 5) is 21.1. The first-order chi connectivity index (χ1) is 14.6. The SMILES string of the molecule is COc1ccc2sc(N(CC3CCCO3)C(=O)C34CC5CC(CC(C5)C3)C4)nc2c1. The van der Waals surface area contributed by atoms with E-state index in [1.807, 2.05) is 17.0 Å². The van der Waals surface area contributed by atoms with Crippen molar-refractivity contribution in [3.63, 3.8) is 0 Å². The van der Waals surface area contributed by atoms with E-state index in [1.165, 1.54) is 19.3 Å². The van der Waals surface area contributed by atoms with E-state index in [0.717, 1.165) is 77.6 Å². The van der Waals surface area contributed by atoms with E-state index >= 15 is 0 Å². The van der Waals surface area contributed by atoms with Crippen LogP contribution in [0.5, 0.6) is 5.75 Å². The Kier molecular flexibility index (Phi) is 4.57. The molecule has 6 heteroatoms. The van der Waals surface area contributed by atoms with Crippen molar-refractivity contribution in [2.45, 2.75) is 57.5 Å². The zero-order valence-corrected chi connectivity index (χ0v) is 18.5. The zero-order valence-electron chi connectivity index (χ0n) is 17.6. The number of benzene rings is 1. The average molecular weight is 427 g/mol. The largest absolute Gasteiger partial charge is 0.497 e. The molecule has 2 heterocycles. The van der Waals surface area contributed by atoms with Gasteiger partial charge in [-0.05, 0) is 81.3 Å². The molecular weight excluding hydrogens is 396 g/mol. The molecule has 1 unspecified atom stereocenters. The van der Waals surface area contributed by atoms with Gasteiger partial charge >= 0.3 is 0 Å². The van der Waals surface area contributed by atoms with Gasteiger partial charge in [0.25, 0.3) is 0 Å². The molecule has 0 spiro atoms. The van der Waals surface area contributed by atoms with Gasteiger partial charge < -0.3 is 9.47 Å². The molecule has 1 aromatic heterocycles. The van der Waals surface area contributed by atoms with Gasteiger partial charge in [0, 0.05) is 12.7 Å². The second-order valence-corrected chi connectivity index (χ2v) is 11.1. The second kappa shape index (κ2) is 7.20. The molecule has 2 aromatic rings. The summed E-state index contributed by atoms with van der Waals surface area (Å²) in [5.41, 5.74) is 0.744. The Morgan fingerprint density at radius 1 is 1.23 bits per heavy atom. The van der Waals surface area contributed by atoms with E-state index < -0.39 is 0 Å². The molecule has 1 amide bonds. The molecule has 160 valence electrons. The third-order valence-electron chi connectivity index (χ3n) is 7.96. The number of amides is 1. The summed E-state index contributed by atoms with van der Waals surface area (Å²) in [5, 5.41) is 0.828. The topological polar surface area (TPSA) is 51.7 Å². The quantitative estimate of drug-likeness (QED) is 0.673. The standard InChI is InChI=1S/C24H30N2O3S/c1-28-18-4-5-21-20(10-18)25-23(30-21)26(14-19-3-2-6-29-19)22(27)24-11-15-7-16(12-24)9-17(8-15)13-24/h4-5,10,15-17,19H,2-3,6-9,11-14H2,1H3. The molecule has 0 radical (unpaired) electrons. The summed E-state index contributed by atoms with van der Waals surface area (Å²) in [6.07, 6.45) is 9.53. The van der Waals surface area contributed by atoms with Gasteiger partial charge in [-0.1, -0.05) is 11.3 Å². The number of hydrogen-bond donors (Lipinski definition) is 0. The third-order valence-corrected chi connectivity index (χ3v) is 9.02. The van der Waals surface area contributed by atoms with Gasteiger partial charge in [0.15, 0.2) is 5.13 Å². The molecule has 1 aromatic carbocycles. The van der Waals surface area contributed by atoms with Crippen molar-refractivity contribution >= 4 is 32.6 Å². The van der Waals surface area contributed by atoms with Crippen molar-refractivity contribution in [3.05, 3.63) is 18.2 Å². The summed E-state index contributed by atoms with van der Waals surface area (Å²) < 4.78 is 12.4. The molecule has 1 saturated heterocycles. The van der Waals surface area contributed by atoms with Gasteiger partial charge in [0.1, 0.15) is 5.75 Å². The molecule has 5 fully saturated rings. The first-order valence-corrected chi connectivity index (χ1v) is 12.3. The Balaban J connectivity index is 1.36. The highest BCUT2D eigenvalue weighted by molar-refractivity contribution is 7.22. The summed E-state index contributed by atoms with van der Waals surface area (Å²) >= 11 is 1.62. The minimum atomic E-state index is -0.164. The number of aromatic nitrogens is 1. The Bertz CT molecular complexity index is 929. The maximum Gasteiger partial charge on any atom is 0.235 e. The normalized spacial score (nSPS) is 34.6. The predicted molar refractivity (Wildman–Crippen MR) is 118 cm³/mol. The van der Waals surface area contributed by atoms with Gasteiger partial charge in [0.05, 0.1) is 35.4 Å². The van der Waals surface area contributed by atoms with E-state index in [9.17, 15) is 4.79 Å². The molecule has 5 aliphatic rings. The van der Waals surface area contributed by atoms with Crippen LogP contribution in [-0.2, 0) is 9.53 Å². The van der Waals surface area contributed by atoms with E-state index in [2.05, 4.69) is 6.07 Å². The van der Waals surface area contributed by atoms with Crippen LogP contribution < -0.4 is 9.64 Å². The number of rotatable bonds is 5. The molecule has 1 aliphatic heterocycles. The van der Waals surface area contributed by atoms with Crippen LogP contribution in [-0.4, -0.2) is 37.3 Å². The lowest BCUT2D eigenvalue weighted by atomic mass is 9.49. The van der Waals surface area contributed by atoms with E-state index in [1.54, 1.807) is 18.4 Å². The Morgan fingerprint density at radius 2 is 1.97 bits per heavy atom. The summed E-state index contributed by atoms with van der Waals surface area (Å²) in [5.74, 6) is 3.39. The van der Waals surface area contributed by atoms with Gasteiger partial charge in [-0.25, -0.2) is 4.98 Å². The van der Waals surface area contributed by atoms with Gasteiger partial charge in [0.2, 0.25) is 5.91 Å². The Morgan fingerprint density at radius 3 is 2.60 bits per heavy atom. The number of carbonyl (C=O) groups is 1. The summed E-state index contributed by atoms with van der Waals surface area (Å²) in [6, 6.07) is 5.99. The first kappa shape index (κ1) is 19.1. The minimum absolute atomic E-state index is 0.129. The number of thiazole rings is 1. The lowest BCUT2D eigenvalue weighted by Crippen LogP contribution is -2.55. The van der Waals surface area contributed by atoms with Crippen molar-refractivity contribution in [2.24, 2.45) is 23.2 Å². The molecule has 4 bridgehead atoms. The molecular formula is C24H30N2O3S. The number of hydrogen-bond acceptors (Lipinski definition) is 5. The van der Waals surface area contributed by atoms with Gasteiger partial charge in [-0.2, -0.15) is 0 Å². The van der Waals surface area contributed by atoms with Crippen LogP contribution in [0.4, 0.5) is 5.13 Å². The molecule has 4 aliphatic carbocycles. The second-order valence-electron chi connectivity index (χ2n) is 10.1. The number of ether oxygens (including phenoxy) is 2. The first-order valence-electron chi connectivity index (χ1n) is 11.5. The minimum Gasteiger partial charge on any atom is -0.497 e. The van der Waals surface area contributed by atoms with E-state index in [-0.39, 0.29) is 11.5 Å². The lowest BCUT2D eigenvalue weighted by Gasteiger charge is -2.56. The van der Waals surface area contributed by atoms with Crippen LogP contribution in [0.3, 0.4) is 0 Å². The van der Waals surface area contributed by atoms with Crippen LogP contribution in [0.15, 0.2) is 18.2 Å². The van der Waals surface area contributed by atoms with Gasteiger partial charge in [-0.15, -0.1) is 0 Å². The zero-order chi connectivity index (χ0) is 20.3. The van der Waals surface area contributed by atoms with Crippen molar-refractivity contribution in [2.75, 3.05) is 25.2 Å². The summed E-state index contributed by atoms with van der Waals surface area (Å²) in [7, 11) is 1.68. The van der Waals surface area contributed by atoms with Crippen LogP contribution in [0.2, 0.25) is 0 Å². The highest BCUT2D eigenvalue weighted by Crippen LogP contribution is 2.60. The smallest absolute Gasteiger partial charge is 0.235 e. The van der Waals surface area contributed by atoms with Crippen molar-refractivity contribution in [1.82, 2.24) is 4.98 Å². The Hall–Kier alpha value is -1.66. The average Bonchev–Trinajstić information content (AvgIpc) is 3.39. The predicted octanol–water partition coefficient (Wildman–Crippen LogP) is 5.03. The number of fused-ring (bicyclic) bond motifs is 1. The molecule has 1 atom stereocenters. The van der Waals surface area contributed by atoms with Crippen LogP contribution in [0, 0.1) is 23.2 Å². The molecule has 30 heavy (non-hydrogen) atoms. The van der Waals surface area contributed by atoms with E-state index in [0.29, 0.717) is 12.5 Å². The highest BCUT2D eigenvalue weighted by atomic mass is 32.1. The number of methoxy groups -OCH3 is 1. The fourth-order valence-corrected chi connectivity index (χ4v) is 7.99. The molecule has 5 nitrogen and oxygen atoms in total. The van der Waals surface area contributed by atoms with Crippen molar-refractivity contribution in [1.29, 1.82) is 0 Å². The van der Waals surface area contributed by atoms with Crippen molar-refractivity contribution < 1.29 is 14.3 Å². The third kappa shape index (κ3) is 3.14. The monoisotopic (exact) mass is 426 g/mol. The van der Waals surface area contributed by atoms with Gasteiger partial charge in [-0.3, -0.25) is 9.69 Å². The maximum absolute atomic E-state index is 14.2. The number of carbonyl (C=O) groups excluding carboxylic acids is 1. The summed E-state index contributed by atoms with van der Waals surface area (Å²) in [6.45, 7) is 1.44. The Labute approximate surface area is 181 Å². The molecule has 7 rings (SSSR count). The number of anilines is 1. The van der Waals surface area contributed by atoms with Crippen LogP contribution in [0.1, 0.15) is 51.4 Å². The van der Waals surface area contributed by atoms with Crippen LogP contribution >= 0.6 is 11.3 Å². The molecule has 4 saturated carbocycles. The highest BCUT2D eigenvalue weighted by Gasteiger charge is 2.56. The van der Waals surface area contributed by atoms with Crippen LogP contribution in [0.25, 0.3) is 10.2 Å². The van der Waals surface area contributed by atoms with E-state index in [4.69, 9.17) is 14.5 Å². The number of nitrogens with zero attached hydrogens (tertiary/aromatic N) is 2. The lowest BCUT2D eigenvalue weighted by molar-refractivity contribution is -0.143. The fraction of sp³-hybridized carbons (Fsp3) is 0.667. The maximum atomic E-state index is 14.2. The molecule has 0 N–H and O–H groups in total. The van der Waals surface area contributed by atoms with Crippen molar-refractivity contribution in [3.8, 4) is 5.75 Å². The fourth-order valence-electron chi connectivity index (χ4n) is 7.04.